The lowest BCUT2D eigenvalue weighted by Gasteiger charge is -2.16. The first-order valence-electron chi connectivity index (χ1n) is 10.2. The third-order valence-corrected chi connectivity index (χ3v) is 6.50. The topological polar surface area (TPSA) is 105 Å². The van der Waals surface area contributed by atoms with Crippen LogP contribution in [0.2, 0.25) is 0 Å². The zero-order chi connectivity index (χ0) is 19.9. The van der Waals surface area contributed by atoms with E-state index in [2.05, 4.69) is 20.8 Å². The number of nitrogens with one attached hydrogen (secondary N) is 3. The number of nitrogens with zero attached hydrogens (tertiary/aromatic N) is 1. The number of carbonyl (C=O) groups is 2. The zero-order valence-electron chi connectivity index (χ0n) is 16.8. The molecule has 2 amide bonds. The largest absolute Gasteiger partial charge is 0.446 e. The molecule has 5 atom stereocenters. The van der Waals surface area contributed by atoms with E-state index in [-0.39, 0.29) is 41.6 Å². The summed E-state index contributed by atoms with van der Waals surface area (Å²) >= 11 is 0. The van der Waals surface area contributed by atoms with E-state index in [9.17, 15) is 9.59 Å². The fourth-order valence-corrected chi connectivity index (χ4v) is 4.11. The third kappa shape index (κ3) is 4.32. The predicted molar refractivity (Wildman–Crippen MR) is 103 cm³/mol. The van der Waals surface area contributed by atoms with Crippen LogP contribution in [0.5, 0.6) is 0 Å². The van der Waals surface area contributed by atoms with Crippen molar-refractivity contribution in [2.75, 3.05) is 12.4 Å². The second-order valence-electron chi connectivity index (χ2n) is 8.87. The monoisotopic (exact) mass is 390 g/mol. The highest BCUT2D eigenvalue weighted by Crippen LogP contribution is 2.43. The number of anilines is 1. The number of amides is 2. The van der Waals surface area contributed by atoms with Crippen LogP contribution in [0, 0.1) is 11.8 Å². The molecule has 3 aliphatic rings. The highest BCUT2D eigenvalue weighted by Gasteiger charge is 2.46. The molecule has 0 aromatic carbocycles. The fourth-order valence-electron chi connectivity index (χ4n) is 4.11. The summed E-state index contributed by atoms with van der Waals surface area (Å²) in [6.45, 7) is 4.03. The van der Waals surface area contributed by atoms with Crippen LogP contribution in [-0.4, -0.2) is 47.1 Å². The Bertz CT molecular complexity index is 744. The minimum Gasteiger partial charge on any atom is -0.446 e. The van der Waals surface area contributed by atoms with Crippen molar-refractivity contribution >= 4 is 17.8 Å². The molecule has 1 aromatic rings. The maximum atomic E-state index is 12.3. The van der Waals surface area contributed by atoms with E-state index in [1.165, 1.54) is 0 Å². The van der Waals surface area contributed by atoms with Crippen LogP contribution in [0.1, 0.15) is 64.0 Å². The molecule has 1 heterocycles. The maximum absolute atomic E-state index is 12.3. The van der Waals surface area contributed by atoms with Gasteiger partial charge in [-0.25, -0.2) is 4.79 Å². The second kappa shape index (κ2) is 7.39. The summed E-state index contributed by atoms with van der Waals surface area (Å²) in [6, 6.07) is 1.90. The first-order chi connectivity index (χ1) is 13.4. The maximum Gasteiger partial charge on any atom is 0.407 e. The van der Waals surface area contributed by atoms with E-state index >= 15 is 0 Å². The van der Waals surface area contributed by atoms with Crippen molar-refractivity contribution in [3.05, 3.63) is 11.8 Å². The summed E-state index contributed by atoms with van der Waals surface area (Å²) in [5.41, 5.74) is 0.918. The first kappa shape index (κ1) is 19.2. The molecule has 8 heteroatoms. The summed E-state index contributed by atoms with van der Waals surface area (Å²) in [7, 11) is 1.67. The van der Waals surface area contributed by atoms with Gasteiger partial charge in [-0.05, 0) is 58.3 Å². The number of carbonyl (C=O) groups excluding carboxylic acids is 2. The molecule has 0 saturated heterocycles. The number of methoxy groups -OCH3 is 1. The summed E-state index contributed by atoms with van der Waals surface area (Å²) < 4.78 is 10.9. The summed E-state index contributed by atoms with van der Waals surface area (Å²) in [5, 5.41) is 13.1. The van der Waals surface area contributed by atoms with Gasteiger partial charge >= 0.3 is 6.09 Å². The molecule has 0 spiro atoms. The standard InChI is InChI=1S/C20H30N4O4/c1-11(27-3)14-9-15(14)18(25)21-17-10-16(23-24-17)12-4-5-13(8-12)28-19(26)22-20(2)6-7-20/h10-15H,4-9H2,1-3H3,(H,22,26)(H2,21,23,24,25)/t11?,12-,13+,14+,15-/m0/s1. The number of H-pyrrole nitrogens is 1. The Kier molecular flexibility index (Phi) is 5.07. The Morgan fingerprint density at radius 3 is 2.82 bits per heavy atom. The van der Waals surface area contributed by atoms with Crippen LogP contribution < -0.4 is 10.6 Å². The number of hydrogen-bond acceptors (Lipinski definition) is 5. The Morgan fingerprint density at radius 1 is 1.32 bits per heavy atom. The minimum absolute atomic E-state index is 0.00447. The number of ether oxygens (including phenoxy) is 2. The number of aromatic amines is 1. The molecule has 4 rings (SSSR count). The normalized spacial score (nSPS) is 31.1. The SMILES string of the molecule is COC(C)[C@H]1C[C@@H]1C(=O)Nc1cc([C@H]2CC[C@@H](OC(=O)NC3(C)CC3)C2)[nH]n1. The van der Waals surface area contributed by atoms with Gasteiger partial charge in [0, 0.05) is 36.2 Å². The average molecular weight is 390 g/mol. The molecule has 0 radical (unpaired) electrons. The molecule has 3 N–H and O–H groups in total. The molecule has 1 unspecified atom stereocenters. The van der Waals surface area contributed by atoms with Gasteiger partial charge < -0.3 is 20.1 Å². The van der Waals surface area contributed by atoms with Gasteiger partial charge in [-0.2, -0.15) is 5.10 Å². The van der Waals surface area contributed by atoms with Gasteiger partial charge in [0.05, 0.1) is 6.10 Å². The van der Waals surface area contributed by atoms with E-state index in [1.54, 1.807) is 7.11 Å². The van der Waals surface area contributed by atoms with E-state index in [0.29, 0.717) is 11.7 Å². The lowest BCUT2D eigenvalue weighted by atomic mass is 10.0. The minimum atomic E-state index is -0.313. The van der Waals surface area contributed by atoms with Crippen LogP contribution in [0.3, 0.4) is 0 Å². The third-order valence-electron chi connectivity index (χ3n) is 6.50. The van der Waals surface area contributed by atoms with E-state index in [1.807, 2.05) is 19.9 Å². The molecular formula is C20H30N4O4. The molecule has 8 nitrogen and oxygen atoms in total. The Labute approximate surface area is 165 Å². The molecule has 3 fully saturated rings. The van der Waals surface area contributed by atoms with Crippen LogP contribution >= 0.6 is 0 Å². The summed E-state index contributed by atoms with van der Waals surface area (Å²) in [6.07, 6.45) is 5.16. The average Bonchev–Trinajstić information content (AvgIpc) is 3.49. The predicted octanol–water partition coefficient (Wildman–Crippen LogP) is 2.93. The number of aromatic nitrogens is 2. The molecular weight excluding hydrogens is 360 g/mol. The molecule has 0 aliphatic heterocycles. The Hall–Kier alpha value is -2.09. The molecule has 28 heavy (non-hydrogen) atoms. The van der Waals surface area contributed by atoms with Gasteiger partial charge in [0.25, 0.3) is 0 Å². The smallest absolute Gasteiger partial charge is 0.407 e. The molecule has 3 saturated carbocycles. The Morgan fingerprint density at radius 2 is 2.11 bits per heavy atom. The van der Waals surface area contributed by atoms with Crippen LogP contribution in [-0.2, 0) is 14.3 Å². The van der Waals surface area contributed by atoms with E-state index < -0.39 is 0 Å². The van der Waals surface area contributed by atoms with Gasteiger partial charge in [-0.15, -0.1) is 0 Å². The van der Waals surface area contributed by atoms with Gasteiger partial charge in [0.1, 0.15) is 6.10 Å². The number of hydrogen-bond donors (Lipinski definition) is 3. The van der Waals surface area contributed by atoms with Crippen molar-refractivity contribution in [1.82, 2.24) is 15.5 Å². The molecule has 154 valence electrons. The molecule has 3 aliphatic carbocycles. The number of alkyl carbamates (subject to hydrolysis) is 1. The van der Waals surface area contributed by atoms with Crippen molar-refractivity contribution in [3.63, 3.8) is 0 Å². The van der Waals surface area contributed by atoms with Gasteiger partial charge in [-0.3, -0.25) is 9.89 Å². The second-order valence-corrected chi connectivity index (χ2v) is 8.87. The van der Waals surface area contributed by atoms with Crippen molar-refractivity contribution in [2.24, 2.45) is 11.8 Å². The zero-order valence-corrected chi connectivity index (χ0v) is 16.8. The van der Waals surface area contributed by atoms with E-state index in [4.69, 9.17) is 9.47 Å². The molecule has 1 aromatic heterocycles. The highest BCUT2D eigenvalue weighted by atomic mass is 16.6. The van der Waals surface area contributed by atoms with Crippen molar-refractivity contribution in [2.45, 2.75) is 76.0 Å². The van der Waals surface area contributed by atoms with Crippen molar-refractivity contribution < 1.29 is 19.1 Å². The summed E-state index contributed by atoms with van der Waals surface area (Å²) in [4.78, 5) is 24.3. The number of rotatable bonds is 7. The van der Waals surface area contributed by atoms with E-state index in [0.717, 1.165) is 44.2 Å². The Balaban J connectivity index is 1.24. The van der Waals surface area contributed by atoms with Gasteiger partial charge in [0.15, 0.2) is 5.82 Å². The quantitative estimate of drug-likeness (QED) is 0.664. The first-order valence-corrected chi connectivity index (χ1v) is 10.2. The summed E-state index contributed by atoms with van der Waals surface area (Å²) in [5.74, 6) is 1.12. The lowest BCUT2D eigenvalue weighted by molar-refractivity contribution is -0.118. The van der Waals surface area contributed by atoms with Crippen molar-refractivity contribution in [3.8, 4) is 0 Å². The fraction of sp³-hybridized carbons (Fsp3) is 0.750. The highest BCUT2D eigenvalue weighted by molar-refractivity contribution is 5.93. The lowest BCUT2D eigenvalue weighted by Crippen LogP contribution is -2.36. The van der Waals surface area contributed by atoms with Crippen molar-refractivity contribution in [1.29, 1.82) is 0 Å². The van der Waals surface area contributed by atoms with Gasteiger partial charge in [-0.1, -0.05) is 0 Å². The molecule has 0 bridgehead atoms. The van der Waals surface area contributed by atoms with Crippen LogP contribution in [0.15, 0.2) is 6.07 Å². The van der Waals surface area contributed by atoms with Gasteiger partial charge in [0.2, 0.25) is 5.91 Å². The van der Waals surface area contributed by atoms with Crippen LogP contribution in [0.25, 0.3) is 0 Å². The van der Waals surface area contributed by atoms with Crippen LogP contribution in [0.4, 0.5) is 10.6 Å².